The zero-order chi connectivity index (χ0) is 13.2. The van der Waals surface area contributed by atoms with E-state index in [1.165, 1.54) is 18.5 Å². The van der Waals surface area contributed by atoms with Gasteiger partial charge in [0.25, 0.3) is 0 Å². The maximum atomic E-state index is 11.6. The number of nitrogens with one attached hydrogen (secondary N) is 1. The van der Waals surface area contributed by atoms with Crippen molar-refractivity contribution in [2.24, 2.45) is 0 Å². The molecule has 5 heteroatoms. The number of aromatic nitrogens is 2. The van der Waals surface area contributed by atoms with E-state index in [4.69, 9.17) is 0 Å². The second-order valence-corrected chi connectivity index (χ2v) is 5.75. The van der Waals surface area contributed by atoms with Gasteiger partial charge in [0, 0.05) is 44.3 Å². The van der Waals surface area contributed by atoms with Gasteiger partial charge in [-0.05, 0) is 26.2 Å². The van der Waals surface area contributed by atoms with Crippen molar-refractivity contribution in [2.45, 2.75) is 51.2 Å². The third-order valence-corrected chi connectivity index (χ3v) is 3.98. The van der Waals surface area contributed by atoms with Gasteiger partial charge in [0.15, 0.2) is 0 Å². The minimum atomic E-state index is 0.302. The van der Waals surface area contributed by atoms with Gasteiger partial charge in [0.2, 0.25) is 5.91 Å². The first-order valence-corrected chi connectivity index (χ1v) is 7.26. The average molecular weight is 262 g/mol. The molecule has 0 aromatic carbocycles. The normalized spacial score (nSPS) is 21.1. The van der Waals surface area contributed by atoms with Crippen LogP contribution in [0.25, 0.3) is 0 Å². The fraction of sp³-hybridized carbons (Fsp3) is 0.714. The van der Waals surface area contributed by atoms with Gasteiger partial charge in [0.05, 0.1) is 12.0 Å². The smallest absolute Gasteiger partial charge is 0.222 e. The molecule has 1 aromatic rings. The Labute approximate surface area is 114 Å². The summed E-state index contributed by atoms with van der Waals surface area (Å²) in [6.45, 7) is 4.71. The summed E-state index contributed by atoms with van der Waals surface area (Å²) < 4.78 is 2.28. The number of hydrogen-bond donors (Lipinski definition) is 1. The van der Waals surface area contributed by atoms with Crippen LogP contribution in [0.2, 0.25) is 0 Å². The van der Waals surface area contributed by atoms with Crippen LogP contribution in [0.3, 0.4) is 0 Å². The lowest BCUT2D eigenvalue weighted by Crippen LogP contribution is -2.39. The zero-order valence-corrected chi connectivity index (χ0v) is 11.5. The molecule has 0 bridgehead atoms. The highest BCUT2D eigenvalue weighted by atomic mass is 16.2. The van der Waals surface area contributed by atoms with Crippen LogP contribution in [0.5, 0.6) is 0 Å². The molecule has 1 atom stereocenters. The van der Waals surface area contributed by atoms with Crippen LogP contribution in [-0.2, 0) is 11.3 Å². The number of carbonyl (C=O) groups is 1. The molecule has 1 aliphatic heterocycles. The van der Waals surface area contributed by atoms with E-state index in [-0.39, 0.29) is 0 Å². The van der Waals surface area contributed by atoms with E-state index < -0.39 is 0 Å². The van der Waals surface area contributed by atoms with Gasteiger partial charge >= 0.3 is 0 Å². The van der Waals surface area contributed by atoms with Crippen molar-refractivity contribution in [3.8, 4) is 0 Å². The van der Waals surface area contributed by atoms with E-state index >= 15 is 0 Å². The molecule has 2 heterocycles. The van der Waals surface area contributed by atoms with E-state index in [0.29, 0.717) is 18.0 Å². The van der Waals surface area contributed by atoms with Crippen LogP contribution < -0.4 is 5.32 Å². The van der Waals surface area contributed by atoms with E-state index in [1.807, 2.05) is 17.4 Å². The number of hydrogen-bond acceptors (Lipinski definition) is 3. The predicted molar refractivity (Wildman–Crippen MR) is 72.6 cm³/mol. The Morgan fingerprint density at radius 3 is 3.05 bits per heavy atom. The molecular weight excluding hydrogens is 240 g/mol. The fourth-order valence-electron chi connectivity index (χ4n) is 2.72. The summed E-state index contributed by atoms with van der Waals surface area (Å²) in [5, 5.41) is 3.50. The van der Waals surface area contributed by atoms with Gasteiger partial charge < -0.3 is 14.8 Å². The van der Waals surface area contributed by atoms with Crippen LogP contribution in [0.4, 0.5) is 0 Å². The van der Waals surface area contributed by atoms with Gasteiger partial charge in [-0.3, -0.25) is 4.79 Å². The van der Waals surface area contributed by atoms with E-state index in [9.17, 15) is 4.79 Å². The lowest BCUT2D eigenvalue weighted by atomic mass is 10.3. The Balaban J connectivity index is 1.48. The number of rotatable bonds is 6. The molecule has 5 nitrogen and oxygen atoms in total. The minimum absolute atomic E-state index is 0.302. The van der Waals surface area contributed by atoms with E-state index in [0.717, 1.165) is 32.5 Å². The molecule has 2 fully saturated rings. The van der Waals surface area contributed by atoms with Crippen molar-refractivity contribution in [3.63, 3.8) is 0 Å². The SMILES string of the molecule is CC(CN1CCCC1=O)NCc1cncn1C1CC1. The molecule has 1 aromatic heterocycles. The highest BCUT2D eigenvalue weighted by molar-refractivity contribution is 5.78. The molecular formula is C14H22N4O. The van der Waals surface area contributed by atoms with E-state index in [1.54, 1.807) is 0 Å². The van der Waals surface area contributed by atoms with Gasteiger partial charge in [0.1, 0.15) is 0 Å². The molecule has 1 unspecified atom stereocenters. The molecule has 3 rings (SSSR count). The van der Waals surface area contributed by atoms with Gasteiger partial charge in [-0.1, -0.05) is 0 Å². The van der Waals surface area contributed by atoms with Crippen molar-refractivity contribution in [2.75, 3.05) is 13.1 Å². The first-order valence-electron chi connectivity index (χ1n) is 7.26. The molecule has 1 saturated heterocycles. The highest BCUT2D eigenvalue weighted by Crippen LogP contribution is 2.35. The van der Waals surface area contributed by atoms with Crippen molar-refractivity contribution in [1.29, 1.82) is 0 Å². The van der Waals surface area contributed by atoms with E-state index in [2.05, 4.69) is 21.8 Å². The highest BCUT2D eigenvalue weighted by Gasteiger charge is 2.25. The molecule has 0 spiro atoms. The van der Waals surface area contributed by atoms with Crippen molar-refractivity contribution in [3.05, 3.63) is 18.2 Å². The van der Waals surface area contributed by atoms with Gasteiger partial charge in [-0.25, -0.2) is 4.98 Å². The minimum Gasteiger partial charge on any atom is -0.341 e. The lowest BCUT2D eigenvalue weighted by Gasteiger charge is -2.22. The van der Waals surface area contributed by atoms with Gasteiger partial charge in [-0.15, -0.1) is 0 Å². The number of nitrogens with zero attached hydrogens (tertiary/aromatic N) is 3. The summed E-state index contributed by atoms with van der Waals surface area (Å²) in [5.74, 6) is 0.302. The lowest BCUT2D eigenvalue weighted by molar-refractivity contribution is -0.127. The fourth-order valence-corrected chi connectivity index (χ4v) is 2.72. The Bertz CT molecular complexity index is 452. The van der Waals surface area contributed by atoms with Crippen molar-refractivity contribution < 1.29 is 4.79 Å². The second kappa shape index (κ2) is 5.33. The largest absolute Gasteiger partial charge is 0.341 e. The predicted octanol–water partition coefficient (Wildman–Crippen LogP) is 1.32. The number of carbonyl (C=O) groups excluding carboxylic acids is 1. The molecule has 0 radical (unpaired) electrons. The van der Waals surface area contributed by atoms with Crippen LogP contribution in [-0.4, -0.2) is 39.5 Å². The maximum absolute atomic E-state index is 11.6. The first-order chi connectivity index (χ1) is 9.24. The maximum Gasteiger partial charge on any atom is 0.222 e. The third-order valence-electron chi connectivity index (χ3n) is 3.98. The van der Waals surface area contributed by atoms with Crippen LogP contribution in [0, 0.1) is 0 Å². The second-order valence-electron chi connectivity index (χ2n) is 5.75. The van der Waals surface area contributed by atoms with Gasteiger partial charge in [-0.2, -0.15) is 0 Å². The Kier molecular flexibility index (Phi) is 3.55. The molecule has 1 amide bonds. The first kappa shape index (κ1) is 12.7. The monoisotopic (exact) mass is 262 g/mol. The summed E-state index contributed by atoms with van der Waals surface area (Å²) >= 11 is 0. The topological polar surface area (TPSA) is 50.2 Å². The number of amides is 1. The van der Waals surface area contributed by atoms with Crippen molar-refractivity contribution >= 4 is 5.91 Å². The third kappa shape index (κ3) is 2.97. The van der Waals surface area contributed by atoms with Crippen LogP contribution in [0.1, 0.15) is 44.3 Å². The molecule has 1 saturated carbocycles. The molecule has 19 heavy (non-hydrogen) atoms. The van der Waals surface area contributed by atoms with Crippen LogP contribution >= 0.6 is 0 Å². The molecule has 2 aliphatic rings. The molecule has 104 valence electrons. The summed E-state index contributed by atoms with van der Waals surface area (Å²) in [4.78, 5) is 17.8. The standard InChI is InChI=1S/C14H22N4O/c1-11(9-17-6-2-3-14(17)19)16-8-13-7-15-10-18(13)12-4-5-12/h7,10-12,16H,2-6,8-9H2,1H3. The number of imidazole rings is 1. The summed E-state index contributed by atoms with van der Waals surface area (Å²) in [6.07, 6.45) is 8.17. The van der Waals surface area contributed by atoms with Crippen LogP contribution in [0.15, 0.2) is 12.5 Å². The average Bonchev–Trinajstić information content (AvgIpc) is 3.00. The Hall–Kier alpha value is -1.36. The quantitative estimate of drug-likeness (QED) is 0.841. The Morgan fingerprint density at radius 2 is 2.37 bits per heavy atom. The summed E-state index contributed by atoms with van der Waals surface area (Å²) in [7, 11) is 0. The van der Waals surface area contributed by atoms with Crippen molar-refractivity contribution in [1.82, 2.24) is 19.8 Å². The molecule has 1 N–H and O–H groups in total. The zero-order valence-electron chi connectivity index (χ0n) is 11.5. The Morgan fingerprint density at radius 1 is 1.53 bits per heavy atom. The number of likely N-dealkylation sites (tertiary alicyclic amines) is 1. The summed E-state index contributed by atoms with van der Waals surface area (Å²) in [5.41, 5.74) is 1.25. The molecule has 1 aliphatic carbocycles. The summed E-state index contributed by atoms with van der Waals surface area (Å²) in [6, 6.07) is 0.999.